The molecule has 2 N–H and O–H groups in total. The molecule has 1 unspecified atom stereocenters. The molecule has 0 aromatic rings. The van der Waals surface area contributed by atoms with E-state index in [0.29, 0.717) is 11.5 Å². The van der Waals surface area contributed by atoms with E-state index in [9.17, 15) is 13.2 Å². The summed E-state index contributed by atoms with van der Waals surface area (Å²) in [6.07, 6.45) is 4.21. The van der Waals surface area contributed by atoms with Crippen molar-refractivity contribution in [1.29, 1.82) is 0 Å². The summed E-state index contributed by atoms with van der Waals surface area (Å²) in [5.41, 5.74) is 5.40. The predicted molar refractivity (Wildman–Crippen MR) is 84.7 cm³/mol. The molecule has 4 nitrogen and oxygen atoms in total. The van der Waals surface area contributed by atoms with Gasteiger partial charge in [-0.05, 0) is 31.8 Å². The lowest BCUT2D eigenvalue weighted by Crippen LogP contribution is -2.46. The van der Waals surface area contributed by atoms with Crippen molar-refractivity contribution in [3.05, 3.63) is 0 Å². The van der Waals surface area contributed by atoms with Gasteiger partial charge >= 0.3 is 6.30 Å². The Morgan fingerprint density at radius 2 is 2.00 bits per heavy atom. The number of halogens is 3. The van der Waals surface area contributed by atoms with Gasteiger partial charge in [0.15, 0.2) is 0 Å². The molecule has 1 heterocycles. The van der Waals surface area contributed by atoms with Crippen molar-refractivity contribution in [2.24, 2.45) is 11.7 Å². The van der Waals surface area contributed by atoms with Gasteiger partial charge in [0, 0.05) is 19.6 Å². The smallest absolute Gasteiger partial charge is 0.379 e. The van der Waals surface area contributed by atoms with Crippen molar-refractivity contribution < 1.29 is 17.9 Å². The molecule has 0 amide bonds. The topological polar surface area (TPSA) is 41.7 Å². The number of nitrogens with zero attached hydrogens (tertiary/aromatic N) is 2. The first-order valence-electron chi connectivity index (χ1n) is 8.20. The Hall–Kier alpha value is -0.810. The fourth-order valence-corrected chi connectivity index (χ4v) is 2.70. The molecular formula is C16H28F3N3O. The van der Waals surface area contributed by atoms with Crippen molar-refractivity contribution in [2.45, 2.75) is 38.5 Å². The van der Waals surface area contributed by atoms with E-state index in [-0.39, 0.29) is 13.2 Å². The Morgan fingerprint density at radius 1 is 1.35 bits per heavy atom. The van der Waals surface area contributed by atoms with Crippen LogP contribution in [0.4, 0.5) is 13.2 Å². The fourth-order valence-electron chi connectivity index (χ4n) is 2.70. The van der Waals surface area contributed by atoms with Gasteiger partial charge in [-0.3, -0.25) is 0 Å². The van der Waals surface area contributed by atoms with Gasteiger partial charge in [0.1, 0.15) is 0 Å². The molecule has 134 valence electrons. The zero-order valence-corrected chi connectivity index (χ0v) is 13.8. The highest BCUT2D eigenvalue weighted by Crippen LogP contribution is 2.21. The van der Waals surface area contributed by atoms with E-state index in [1.54, 1.807) is 0 Å². The van der Waals surface area contributed by atoms with Crippen molar-refractivity contribution >= 4 is 0 Å². The maximum absolute atomic E-state index is 12.8. The van der Waals surface area contributed by atoms with Crippen LogP contribution in [0.1, 0.15) is 26.2 Å². The second-order valence-corrected chi connectivity index (χ2v) is 5.99. The number of hydrogen-bond donors (Lipinski definition) is 1. The highest BCUT2D eigenvalue weighted by atomic mass is 19.4. The third kappa shape index (κ3) is 8.02. The molecule has 1 aliphatic rings. The average molecular weight is 335 g/mol. The first-order valence-corrected chi connectivity index (χ1v) is 8.20. The number of piperidine rings is 1. The summed E-state index contributed by atoms with van der Waals surface area (Å²) >= 11 is 0. The number of ether oxygens (including phenoxy) is 1. The molecule has 7 heteroatoms. The highest BCUT2D eigenvalue weighted by Gasteiger charge is 2.37. The SMILES string of the molecule is C#CC(N)CN(CCOCCN1CCC(CC)CC1)C(F)(F)F. The lowest BCUT2D eigenvalue weighted by Gasteiger charge is -2.31. The first-order chi connectivity index (χ1) is 10.9. The molecule has 1 rings (SSSR count). The van der Waals surface area contributed by atoms with Crippen molar-refractivity contribution in [1.82, 2.24) is 9.80 Å². The van der Waals surface area contributed by atoms with Gasteiger partial charge in [0.05, 0.1) is 19.3 Å². The zero-order valence-electron chi connectivity index (χ0n) is 13.8. The highest BCUT2D eigenvalue weighted by molar-refractivity contribution is 4.98. The second-order valence-electron chi connectivity index (χ2n) is 5.99. The van der Waals surface area contributed by atoms with Gasteiger partial charge in [-0.15, -0.1) is 6.42 Å². The van der Waals surface area contributed by atoms with Crippen molar-refractivity contribution in [3.8, 4) is 12.3 Å². The summed E-state index contributed by atoms with van der Waals surface area (Å²) < 4.78 is 43.8. The van der Waals surface area contributed by atoms with E-state index in [4.69, 9.17) is 16.9 Å². The summed E-state index contributed by atoms with van der Waals surface area (Å²) in [7, 11) is 0. The van der Waals surface area contributed by atoms with Gasteiger partial charge in [0.25, 0.3) is 0 Å². The molecule has 0 bridgehead atoms. The molecule has 1 fully saturated rings. The monoisotopic (exact) mass is 335 g/mol. The quantitative estimate of drug-likeness (QED) is 0.397. The third-order valence-electron chi connectivity index (χ3n) is 4.33. The maximum atomic E-state index is 12.8. The van der Waals surface area contributed by atoms with Gasteiger partial charge in [0.2, 0.25) is 0 Å². The fraction of sp³-hybridized carbons (Fsp3) is 0.875. The summed E-state index contributed by atoms with van der Waals surface area (Å²) in [6, 6.07) is -0.934. The normalized spacial score (nSPS) is 19.0. The molecule has 0 saturated carbocycles. The van der Waals surface area contributed by atoms with E-state index in [1.807, 2.05) is 0 Å². The van der Waals surface area contributed by atoms with Gasteiger partial charge in [-0.2, -0.15) is 13.2 Å². The molecule has 0 aromatic heterocycles. The Kier molecular flexibility index (Phi) is 8.92. The summed E-state index contributed by atoms with van der Waals surface area (Å²) in [4.78, 5) is 2.62. The third-order valence-corrected chi connectivity index (χ3v) is 4.33. The Morgan fingerprint density at radius 3 is 2.52 bits per heavy atom. The number of nitrogens with two attached hydrogens (primary N) is 1. The largest absolute Gasteiger partial charge is 0.460 e. The Bertz CT molecular complexity index is 363. The van der Waals surface area contributed by atoms with Crippen LogP contribution in [0.5, 0.6) is 0 Å². The van der Waals surface area contributed by atoms with Crippen LogP contribution in [0, 0.1) is 18.3 Å². The number of terminal acetylenes is 1. The number of hydrogen-bond acceptors (Lipinski definition) is 4. The van der Waals surface area contributed by atoms with Gasteiger partial charge in [-0.25, -0.2) is 4.90 Å². The molecule has 1 aliphatic heterocycles. The Labute approximate surface area is 137 Å². The second kappa shape index (κ2) is 10.1. The van der Waals surface area contributed by atoms with Crippen LogP contribution in [-0.2, 0) is 4.74 Å². The van der Waals surface area contributed by atoms with Crippen LogP contribution >= 0.6 is 0 Å². The summed E-state index contributed by atoms with van der Waals surface area (Å²) in [6.45, 7) is 4.88. The molecule has 1 saturated heterocycles. The number of likely N-dealkylation sites (tertiary alicyclic amines) is 1. The van der Waals surface area contributed by atoms with E-state index in [0.717, 1.165) is 25.6 Å². The number of alkyl halides is 3. The average Bonchev–Trinajstić information content (AvgIpc) is 2.52. The van der Waals surface area contributed by atoms with Gasteiger partial charge in [-0.1, -0.05) is 19.3 Å². The van der Waals surface area contributed by atoms with Crippen LogP contribution in [0.15, 0.2) is 0 Å². The van der Waals surface area contributed by atoms with Crippen LogP contribution in [0.25, 0.3) is 0 Å². The minimum atomic E-state index is -4.44. The molecule has 1 atom stereocenters. The lowest BCUT2D eigenvalue weighted by atomic mass is 9.94. The van der Waals surface area contributed by atoms with Crippen LogP contribution in [0.2, 0.25) is 0 Å². The predicted octanol–water partition coefficient (Wildman–Crippen LogP) is 1.91. The Balaban J connectivity index is 2.18. The zero-order chi connectivity index (χ0) is 17.3. The van der Waals surface area contributed by atoms with Crippen LogP contribution < -0.4 is 5.73 Å². The minimum Gasteiger partial charge on any atom is -0.379 e. The standard InChI is InChI=1S/C16H28F3N3O/c1-3-14-5-7-21(8-6-14)9-11-23-12-10-22(16(17,18)19)13-15(20)4-2/h2,14-15H,3,5-13,20H2,1H3. The van der Waals surface area contributed by atoms with E-state index >= 15 is 0 Å². The molecular weight excluding hydrogens is 307 g/mol. The lowest BCUT2D eigenvalue weighted by molar-refractivity contribution is -0.248. The molecule has 0 spiro atoms. The number of rotatable bonds is 9. The summed E-state index contributed by atoms with van der Waals surface area (Å²) in [5, 5.41) is 0. The van der Waals surface area contributed by atoms with Crippen LogP contribution in [0.3, 0.4) is 0 Å². The van der Waals surface area contributed by atoms with E-state index in [1.165, 1.54) is 19.3 Å². The van der Waals surface area contributed by atoms with Crippen molar-refractivity contribution in [2.75, 3.05) is 45.9 Å². The molecule has 23 heavy (non-hydrogen) atoms. The molecule has 0 aliphatic carbocycles. The van der Waals surface area contributed by atoms with Gasteiger partial charge < -0.3 is 15.4 Å². The molecule has 0 radical (unpaired) electrons. The van der Waals surface area contributed by atoms with Crippen molar-refractivity contribution in [3.63, 3.8) is 0 Å². The first kappa shape index (κ1) is 20.2. The van der Waals surface area contributed by atoms with E-state index in [2.05, 4.69) is 17.7 Å². The summed E-state index contributed by atoms with van der Waals surface area (Å²) in [5.74, 6) is 2.92. The van der Waals surface area contributed by atoms with E-state index < -0.39 is 18.9 Å². The molecule has 0 aromatic carbocycles. The minimum absolute atomic E-state index is 0.0161. The van der Waals surface area contributed by atoms with Crippen LogP contribution in [-0.4, -0.2) is 68.1 Å². The maximum Gasteiger partial charge on any atom is 0.460 e.